The van der Waals surface area contributed by atoms with E-state index in [9.17, 15) is 0 Å². The number of rotatable bonds is 3. The van der Waals surface area contributed by atoms with Crippen LogP contribution in [0.15, 0.2) is 186 Å². The second-order valence-electron chi connectivity index (χ2n) is 14.8. The van der Waals surface area contributed by atoms with Gasteiger partial charge in [-0.2, -0.15) is 0 Å². The topological polar surface area (TPSA) is 23.0 Å². The second kappa shape index (κ2) is 10.6. The van der Waals surface area contributed by atoms with E-state index in [0.29, 0.717) is 0 Å². The van der Waals surface area contributed by atoms with Crippen molar-refractivity contribution in [2.75, 3.05) is 0 Å². The monoisotopic (exact) mass is 698 g/mol. The van der Waals surface area contributed by atoms with Gasteiger partial charge in [-0.25, -0.2) is 0 Å². The maximum Gasteiger partial charge on any atom is 0.137 e. The first-order chi connectivity index (χ1) is 27.3. The van der Waals surface area contributed by atoms with Crippen molar-refractivity contribution in [3.8, 4) is 44.8 Å². The van der Waals surface area contributed by atoms with Gasteiger partial charge in [-0.1, -0.05) is 127 Å². The van der Waals surface area contributed by atoms with Gasteiger partial charge >= 0.3 is 0 Å². The Morgan fingerprint density at radius 3 is 1.78 bits per heavy atom. The van der Waals surface area contributed by atoms with Crippen LogP contribution in [-0.4, -0.2) is 9.13 Å². The molecule has 0 saturated carbocycles. The van der Waals surface area contributed by atoms with Gasteiger partial charge in [-0.3, -0.25) is 0 Å². The number of fused-ring (bicyclic) bond motifs is 14. The van der Waals surface area contributed by atoms with Crippen molar-refractivity contribution in [1.82, 2.24) is 9.13 Å². The Kier molecular flexibility index (Phi) is 5.63. The summed E-state index contributed by atoms with van der Waals surface area (Å²) in [6, 6.07) is 66.4. The molecule has 0 atom stereocenters. The lowest BCUT2D eigenvalue weighted by Crippen LogP contribution is -1.97. The fourth-order valence-corrected chi connectivity index (χ4v) is 9.81. The predicted molar refractivity (Wildman–Crippen MR) is 230 cm³/mol. The molecule has 0 spiro atoms. The molecule has 3 nitrogen and oxygen atoms in total. The standard InChI is InChI=1S/C52H30N2O/c1-2-11-31(12-3-1)32-21-23-33(24-22-32)53-42-19-8-6-15-39(42)49-44(53)28-29-45-50(49)41-26-30-47-51(40-16-7-9-20-46(40)55-47)52(41)54(45)43-27-25-37-35-14-5-4-13-34(35)36-17-10-18-38(43)48(36)37/h1-30H. The molecule has 0 fully saturated rings. The third-order valence-electron chi connectivity index (χ3n) is 12.1. The van der Waals surface area contributed by atoms with E-state index in [4.69, 9.17) is 4.42 Å². The Hall–Kier alpha value is -7.36. The van der Waals surface area contributed by atoms with Crippen LogP contribution in [0, 0.1) is 0 Å². The van der Waals surface area contributed by atoms with Crippen LogP contribution in [-0.2, 0) is 0 Å². The molecule has 0 amide bonds. The van der Waals surface area contributed by atoms with Crippen LogP contribution in [0.4, 0.5) is 0 Å². The Balaban J connectivity index is 1.18. The van der Waals surface area contributed by atoms with E-state index in [1.807, 2.05) is 0 Å². The van der Waals surface area contributed by atoms with Gasteiger partial charge < -0.3 is 13.6 Å². The van der Waals surface area contributed by atoms with Crippen LogP contribution in [0.3, 0.4) is 0 Å². The minimum absolute atomic E-state index is 0.897. The fraction of sp³-hybridized carbons (Fsp3) is 0. The summed E-state index contributed by atoms with van der Waals surface area (Å²) in [5.41, 5.74) is 16.5. The third-order valence-corrected chi connectivity index (χ3v) is 12.1. The maximum atomic E-state index is 6.57. The zero-order valence-corrected chi connectivity index (χ0v) is 29.6. The molecule has 0 bridgehead atoms. The molecular weight excluding hydrogens is 669 g/mol. The van der Waals surface area contributed by atoms with E-state index in [0.717, 1.165) is 27.6 Å². The fourth-order valence-electron chi connectivity index (χ4n) is 9.81. The third kappa shape index (κ3) is 3.79. The Morgan fingerprint density at radius 2 is 0.945 bits per heavy atom. The lowest BCUT2D eigenvalue weighted by atomic mass is 10.0. The molecule has 1 aliphatic carbocycles. The van der Waals surface area contributed by atoms with Crippen LogP contribution in [0.5, 0.6) is 0 Å². The molecule has 3 heteroatoms. The second-order valence-corrected chi connectivity index (χ2v) is 14.8. The molecule has 0 saturated heterocycles. The Morgan fingerprint density at radius 1 is 0.309 bits per heavy atom. The number of furan rings is 1. The van der Waals surface area contributed by atoms with Gasteiger partial charge in [-0.05, 0) is 93.4 Å². The molecule has 254 valence electrons. The zero-order chi connectivity index (χ0) is 35.8. The van der Waals surface area contributed by atoms with E-state index in [1.165, 1.54) is 93.5 Å². The molecule has 13 rings (SSSR count). The van der Waals surface area contributed by atoms with E-state index < -0.39 is 0 Å². The van der Waals surface area contributed by atoms with Crippen molar-refractivity contribution >= 4 is 76.3 Å². The molecule has 55 heavy (non-hydrogen) atoms. The first kappa shape index (κ1) is 29.1. The maximum absolute atomic E-state index is 6.57. The average molecular weight is 699 g/mol. The van der Waals surface area contributed by atoms with E-state index in [1.54, 1.807) is 0 Å². The Bertz CT molecular complexity index is 3550. The zero-order valence-electron chi connectivity index (χ0n) is 29.6. The quantitative estimate of drug-likeness (QED) is 0.180. The van der Waals surface area contributed by atoms with E-state index in [2.05, 4.69) is 191 Å². The molecule has 0 N–H and O–H groups in total. The van der Waals surface area contributed by atoms with Crippen molar-refractivity contribution in [2.24, 2.45) is 0 Å². The van der Waals surface area contributed by atoms with Gasteiger partial charge in [0.25, 0.3) is 0 Å². The van der Waals surface area contributed by atoms with Gasteiger partial charge in [0, 0.05) is 38.0 Å². The normalized spacial score (nSPS) is 12.4. The lowest BCUT2D eigenvalue weighted by Gasteiger charge is -2.14. The highest BCUT2D eigenvalue weighted by molar-refractivity contribution is 6.33. The number of benzene rings is 9. The molecule has 0 radical (unpaired) electrons. The average Bonchev–Trinajstić information content (AvgIpc) is 3.99. The molecule has 12 aromatic rings. The summed E-state index contributed by atoms with van der Waals surface area (Å²) in [4.78, 5) is 0. The van der Waals surface area contributed by atoms with Gasteiger partial charge in [-0.15, -0.1) is 0 Å². The molecule has 9 aromatic carbocycles. The van der Waals surface area contributed by atoms with Crippen LogP contribution in [0.25, 0.3) is 121 Å². The lowest BCUT2D eigenvalue weighted by molar-refractivity contribution is 0.669. The van der Waals surface area contributed by atoms with Crippen molar-refractivity contribution in [1.29, 1.82) is 0 Å². The van der Waals surface area contributed by atoms with E-state index in [-0.39, 0.29) is 0 Å². The highest BCUT2D eigenvalue weighted by Crippen LogP contribution is 2.51. The summed E-state index contributed by atoms with van der Waals surface area (Å²) >= 11 is 0. The molecule has 3 heterocycles. The number of hydrogen-bond donors (Lipinski definition) is 0. The van der Waals surface area contributed by atoms with Gasteiger partial charge in [0.15, 0.2) is 0 Å². The van der Waals surface area contributed by atoms with Crippen molar-refractivity contribution < 1.29 is 4.42 Å². The summed E-state index contributed by atoms with van der Waals surface area (Å²) in [6.45, 7) is 0. The van der Waals surface area contributed by atoms with Gasteiger partial charge in [0.2, 0.25) is 0 Å². The van der Waals surface area contributed by atoms with Crippen molar-refractivity contribution in [2.45, 2.75) is 0 Å². The summed E-state index contributed by atoms with van der Waals surface area (Å²) in [6.07, 6.45) is 0. The SMILES string of the molecule is c1ccc(-c2ccc(-n3c4ccccc4c4c5c6ccc7oc8ccccc8c7c6n(-c6ccc7c8c(cccc68)-c6ccccc6-7)c5ccc43)cc2)cc1. The smallest absolute Gasteiger partial charge is 0.137 e. The number of nitrogens with zero attached hydrogens (tertiary/aromatic N) is 2. The van der Waals surface area contributed by atoms with Crippen LogP contribution in [0.1, 0.15) is 0 Å². The molecule has 0 unspecified atom stereocenters. The highest BCUT2D eigenvalue weighted by Gasteiger charge is 2.27. The first-order valence-corrected chi connectivity index (χ1v) is 18.9. The summed E-state index contributed by atoms with van der Waals surface area (Å²) < 4.78 is 11.5. The summed E-state index contributed by atoms with van der Waals surface area (Å²) in [7, 11) is 0. The molecule has 0 aliphatic heterocycles. The van der Waals surface area contributed by atoms with Crippen molar-refractivity contribution in [3.63, 3.8) is 0 Å². The highest BCUT2D eigenvalue weighted by atomic mass is 16.3. The number of para-hydroxylation sites is 2. The summed E-state index contributed by atoms with van der Waals surface area (Å²) in [5, 5.41) is 9.80. The van der Waals surface area contributed by atoms with Crippen LogP contribution >= 0.6 is 0 Å². The minimum atomic E-state index is 0.897. The minimum Gasteiger partial charge on any atom is -0.456 e. The molecule has 3 aromatic heterocycles. The number of aromatic nitrogens is 2. The van der Waals surface area contributed by atoms with Gasteiger partial charge in [0.1, 0.15) is 11.2 Å². The molecule has 1 aliphatic rings. The first-order valence-electron chi connectivity index (χ1n) is 18.9. The van der Waals surface area contributed by atoms with Crippen LogP contribution in [0.2, 0.25) is 0 Å². The van der Waals surface area contributed by atoms with Crippen molar-refractivity contribution in [3.05, 3.63) is 182 Å². The Labute approximate surface area is 315 Å². The predicted octanol–water partition coefficient (Wildman–Crippen LogP) is 14.2. The van der Waals surface area contributed by atoms with Crippen LogP contribution < -0.4 is 0 Å². The van der Waals surface area contributed by atoms with E-state index >= 15 is 0 Å². The number of hydrogen-bond acceptors (Lipinski definition) is 1. The largest absolute Gasteiger partial charge is 0.456 e. The van der Waals surface area contributed by atoms with Gasteiger partial charge in [0.05, 0.1) is 33.1 Å². The summed E-state index contributed by atoms with van der Waals surface area (Å²) in [5.74, 6) is 0. The molecular formula is C52H30N2O.